The lowest BCUT2D eigenvalue weighted by Gasteiger charge is -2.07. The van der Waals surface area contributed by atoms with Crippen LogP contribution < -0.4 is 4.74 Å². The highest BCUT2D eigenvalue weighted by atomic mass is 19.1. The van der Waals surface area contributed by atoms with Gasteiger partial charge in [-0.2, -0.15) is 5.26 Å². The van der Waals surface area contributed by atoms with E-state index < -0.39 is 5.82 Å². The fraction of sp³-hybridized carbons (Fsp3) is 0.0667. The molecule has 0 heterocycles. The van der Waals surface area contributed by atoms with Gasteiger partial charge in [-0.1, -0.05) is 12.1 Å². The Morgan fingerprint density at radius 2 is 1.95 bits per heavy atom. The van der Waals surface area contributed by atoms with Gasteiger partial charge in [-0.05, 0) is 31.2 Å². The van der Waals surface area contributed by atoms with E-state index in [2.05, 4.69) is 0 Å². The maximum absolute atomic E-state index is 13.4. The molecule has 0 unspecified atom stereocenters. The number of benzene rings is 2. The Hall–Kier alpha value is -2.67. The predicted molar refractivity (Wildman–Crippen MR) is 67.6 cm³/mol. The summed E-state index contributed by atoms with van der Waals surface area (Å²) < 4.78 is 18.9. The first-order valence-corrected chi connectivity index (χ1v) is 5.58. The van der Waals surface area contributed by atoms with E-state index in [4.69, 9.17) is 10.00 Å². The summed E-state index contributed by atoms with van der Waals surface area (Å²) in [4.78, 5) is 11.2. The van der Waals surface area contributed by atoms with E-state index in [1.807, 2.05) is 0 Å². The molecule has 0 spiro atoms. The van der Waals surface area contributed by atoms with Crippen LogP contribution in [-0.2, 0) is 0 Å². The van der Waals surface area contributed by atoms with Gasteiger partial charge in [0.1, 0.15) is 23.4 Å². The summed E-state index contributed by atoms with van der Waals surface area (Å²) in [5, 5.41) is 8.63. The zero-order valence-electron chi connectivity index (χ0n) is 10.2. The van der Waals surface area contributed by atoms with E-state index in [0.717, 1.165) is 6.07 Å². The van der Waals surface area contributed by atoms with E-state index in [9.17, 15) is 9.18 Å². The quantitative estimate of drug-likeness (QED) is 0.786. The van der Waals surface area contributed by atoms with Gasteiger partial charge in [0.05, 0.1) is 5.56 Å². The van der Waals surface area contributed by atoms with Gasteiger partial charge in [-0.3, -0.25) is 4.79 Å². The van der Waals surface area contributed by atoms with Crippen molar-refractivity contribution in [1.29, 1.82) is 5.26 Å². The maximum atomic E-state index is 13.4. The molecule has 0 amide bonds. The largest absolute Gasteiger partial charge is 0.457 e. The number of nitriles is 1. The van der Waals surface area contributed by atoms with Crippen LogP contribution in [0.5, 0.6) is 11.5 Å². The van der Waals surface area contributed by atoms with Crippen LogP contribution in [0, 0.1) is 17.1 Å². The van der Waals surface area contributed by atoms with E-state index in [0.29, 0.717) is 11.3 Å². The normalized spacial score (nSPS) is 9.74. The van der Waals surface area contributed by atoms with Gasteiger partial charge < -0.3 is 4.74 Å². The van der Waals surface area contributed by atoms with Crippen molar-refractivity contribution < 1.29 is 13.9 Å². The summed E-state index contributed by atoms with van der Waals surface area (Å²) in [6.07, 6.45) is 0. The molecule has 2 aromatic carbocycles. The number of hydrogen-bond donors (Lipinski definition) is 0. The van der Waals surface area contributed by atoms with Crippen molar-refractivity contribution in [3.63, 3.8) is 0 Å². The number of ketones is 1. The summed E-state index contributed by atoms with van der Waals surface area (Å²) in [7, 11) is 0. The molecular formula is C15H10FNO2. The lowest BCUT2D eigenvalue weighted by atomic mass is 10.1. The molecule has 0 saturated carbocycles. The molecule has 0 aliphatic rings. The summed E-state index contributed by atoms with van der Waals surface area (Å²) in [6, 6.07) is 12.3. The van der Waals surface area contributed by atoms with Crippen molar-refractivity contribution in [3.8, 4) is 17.6 Å². The molecular weight excluding hydrogens is 245 g/mol. The highest BCUT2D eigenvalue weighted by molar-refractivity contribution is 5.94. The molecule has 0 aliphatic heterocycles. The molecule has 4 heteroatoms. The summed E-state index contributed by atoms with van der Waals surface area (Å²) in [5.41, 5.74) is 0.483. The van der Waals surface area contributed by atoms with Crippen LogP contribution in [0.1, 0.15) is 22.8 Å². The molecule has 3 nitrogen and oxygen atoms in total. The van der Waals surface area contributed by atoms with Gasteiger partial charge >= 0.3 is 0 Å². The van der Waals surface area contributed by atoms with E-state index in [1.165, 1.54) is 19.1 Å². The van der Waals surface area contributed by atoms with E-state index >= 15 is 0 Å². The Morgan fingerprint density at radius 1 is 1.21 bits per heavy atom. The maximum Gasteiger partial charge on any atom is 0.159 e. The molecule has 2 aromatic rings. The van der Waals surface area contributed by atoms with Crippen molar-refractivity contribution in [1.82, 2.24) is 0 Å². The van der Waals surface area contributed by atoms with Crippen LogP contribution in [0.4, 0.5) is 4.39 Å². The Bertz CT molecular complexity index is 674. The van der Waals surface area contributed by atoms with E-state index in [-0.39, 0.29) is 17.1 Å². The van der Waals surface area contributed by atoms with Crippen LogP contribution in [-0.4, -0.2) is 5.78 Å². The molecule has 0 saturated heterocycles. The Balaban J connectivity index is 2.26. The molecule has 0 atom stereocenters. The Morgan fingerprint density at radius 3 is 2.58 bits per heavy atom. The average molecular weight is 255 g/mol. The number of halogens is 1. The van der Waals surface area contributed by atoms with Gasteiger partial charge in [0.15, 0.2) is 5.78 Å². The lowest BCUT2D eigenvalue weighted by Crippen LogP contribution is -1.93. The molecule has 94 valence electrons. The minimum absolute atomic E-state index is 0.0372. The number of Topliss-reactive ketones (excluding diaryl/α,β-unsaturated/α-hetero) is 1. The molecule has 0 aromatic heterocycles. The first kappa shape index (κ1) is 12.8. The summed E-state index contributed by atoms with van der Waals surface area (Å²) in [5.74, 6) is 0.00758. The second kappa shape index (κ2) is 5.32. The third-order valence-corrected chi connectivity index (χ3v) is 2.54. The van der Waals surface area contributed by atoms with E-state index in [1.54, 1.807) is 30.3 Å². The molecule has 0 radical (unpaired) electrons. The van der Waals surface area contributed by atoms with Crippen LogP contribution in [0.2, 0.25) is 0 Å². The number of carbonyl (C=O) groups excluding carboxylic acids is 1. The zero-order valence-corrected chi connectivity index (χ0v) is 10.2. The Kier molecular flexibility index (Phi) is 3.58. The second-order valence-electron chi connectivity index (χ2n) is 3.94. The second-order valence-corrected chi connectivity index (χ2v) is 3.94. The number of rotatable bonds is 3. The van der Waals surface area contributed by atoms with Gasteiger partial charge in [-0.15, -0.1) is 0 Å². The highest BCUT2D eigenvalue weighted by Gasteiger charge is 2.06. The topological polar surface area (TPSA) is 50.1 Å². The number of nitrogens with zero attached hydrogens (tertiary/aromatic N) is 1. The first-order chi connectivity index (χ1) is 9.10. The number of ether oxygens (including phenoxy) is 1. The summed E-state index contributed by atoms with van der Waals surface area (Å²) in [6.45, 7) is 1.46. The smallest absolute Gasteiger partial charge is 0.159 e. The minimum Gasteiger partial charge on any atom is -0.457 e. The summed E-state index contributed by atoms with van der Waals surface area (Å²) >= 11 is 0. The standard InChI is InChI=1S/C15H10FNO2/c1-10(18)11-3-2-4-13(7-11)19-14-6-5-12(9-17)15(16)8-14/h2-8H,1H3. The third kappa shape index (κ3) is 2.96. The Labute approximate surface area is 109 Å². The zero-order chi connectivity index (χ0) is 13.8. The van der Waals surface area contributed by atoms with Crippen molar-refractivity contribution in [2.24, 2.45) is 0 Å². The SMILES string of the molecule is CC(=O)c1cccc(Oc2ccc(C#N)c(F)c2)c1. The van der Waals surface area contributed by atoms with Crippen molar-refractivity contribution in [2.75, 3.05) is 0 Å². The predicted octanol–water partition coefficient (Wildman–Crippen LogP) is 3.69. The highest BCUT2D eigenvalue weighted by Crippen LogP contribution is 2.24. The minimum atomic E-state index is -0.636. The number of hydrogen-bond acceptors (Lipinski definition) is 3. The van der Waals surface area contributed by atoms with Crippen LogP contribution >= 0.6 is 0 Å². The van der Waals surface area contributed by atoms with Gasteiger partial charge in [0, 0.05) is 11.6 Å². The first-order valence-electron chi connectivity index (χ1n) is 5.58. The van der Waals surface area contributed by atoms with Crippen molar-refractivity contribution >= 4 is 5.78 Å². The molecule has 0 bridgehead atoms. The number of carbonyl (C=O) groups is 1. The fourth-order valence-corrected chi connectivity index (χ4v) is 1.56. The van der Waals surface area contributed by atoms with Crippen molar-refractivity contribution in [2.45, 2.75) is 6.92 Å². The van der Waals surface area contributed by atoms with Crippen LogP contribution in [0.3, 0.4) is 0 Å². The lowest BCUT2D eigenvalue weighted by molar-refractivity contribution is 0.101. The molecule has 0 fully saturated rings. The molecule has 0 aliphatic carbocycles. The van der Waals surface area contributed by atoms with Gasteiger partial charge in [0.25, 0.3) is 0 Å². The fourth-order valence-electron chi connectivity index (χ4n) is 1.56. The third-order valence-electron chi connectivity index (χ3n) is 2.54. The van der Waals surface area contributed by atoms with Crippen molar-refractivity contribution in [3.05, 3.63) is 59.4 Å². The monoisotopic (exact) mass is 255 g/mol. The molecule has 2 rings (SSSR count). The van der Waals surface area contributed by atoms with Crippen LogP contribution in [0.15, 0.2) is 42.5 Å². The average Bonchev–Trinajstić information content (AvgIpc) is 2.39. The molecule has 19 heavy (non-hydrogen) atoms. The van der Waals surface area contributed by atoms with Gasteiger partial charge in [0.2, 0.25) is 0 Å². The van der Waals surface area contributed by atoms with Crippen LogP contribution in [0.25, 0.3) is 0 Å². The van der Waals surface area contributed by atoms with Gasteiger partial charge in [-0.25, -0.2) is 4.39 Å². The molecule has 0 N–H and O–H groups in total.